The summed E-state index contributed by atoms with van der Waals surface area (Å²) in [4.78, 5) is 32.1. The molecule has 0 fully saturated rings. The van der Waals surface area contributed by atoms with Crippen molar-refractivity contribution < 1.29 is 9.59 Å². The Balaban J connectivity index is 2.36. The Morgan fingerprint density at radius 3 is 2.42 bits per heavy atom. The number of imidazole rings is 1. The average molecular weight is 364 g/mol. The van der Waals surface area contributed by atoms with Crippen molar-refractivity contribution in [3.05, 3.63) is 17.2 Å². The number of nitrogens with zero attached hydrogens (tertiary/aromatic N) is 3. The predicted molar refractivity (Wildman–Crippen MR) is 102 cm³/mol. The van der Waals surface area contributed by atoms with Crippen LogP contribution in [0, 0.1) is 11.3 Å². The number of hydrogen-bond donors (Lipinski definition) is 2. The Labute approximate surface area is 156 Å². The molecule has 0 unspecified atom stereocenters. The highest BCUT2D eigenvalue weighted by Gasteiger charge is 2.34. The van der Waals surface area contributed by atoms with E-state index in [-0.39, 0.29) is 11.8 Å². The molecule has 0 aromatic carbocycles. The van der Waals surface area contributed by atoms with E-state index in [0.717, 1.165) is 31.0 Å². The van der Waals surface area contributed by atoms with Crippen molar-refractivity contribution in [3.8, 4) is 0 Å². The topological polar surface area (TPSA) is 79.3 Å². The summed E-state index contributed by atoms with van der Waals surface area (Å²) in [7, 11) is 3.63. The van der Waals surface area contributed by atoms with Crippen molar-refractivity contribution in [1.29, 1.82) is 0 Å². The van der Waals surface area contributed by atoms with Gasteiger partial charge in [0.1, 0.15) is 11.9 Å². The summed E-state index contributed by atoms with van der Waals surface area (Å²) in [5.41, 5.74) is 0.995. The molecule has 2 amide bonds. The zero-order valence-corrected chi connectivity index (χ0v) is 17.1. The molecule has 26 heavy (non-hydrogen) atoms. The van der Waals surface area contributed by atoms with Crippen LogP contribution in [-0.4, -0.2) is 52.9 Å². The largest absolute Gasteiger partial charge is 0.357 e. The third-order valence-corrected chi connectivity index (χ3v) is 4.73. The van der Waals surface area contributed by atoms with Crippen molar-refractivity contribution in [2.24, 2.45) is 11.3 Å². The molecule has 2 rings (SSSR count). The molecular weight excluding hydrogens is 330 g/mol. The molecule has 0 radical (unpaired) electrons. The summed E-state index contributed by atoms with van der Waals surface area (Å²) in [6, 6.07) is -0.618. The Morgan fingerprint density at radius 1 is 1.23 bits per heavy atom. The van der Waals surface area contributed by atoms with Gasteiger partial charge in [-0.1, -0.05) is 34.6 Å². The molecule has 0 spiro atoms. The summed E-state index contributed by atoms with van der Waals surface area (Å²) in [5, 5.41) is 5.55. The lowest BCUT2D eigenvalue weighted by Gasteiger charge is -2.30. The summed E-state index contributed by atoms with van der Waals surface area (Å²) in [6.45, 7) is 12.6. The number of carbonyl (C=O) groups is 2. The molecule has 1 aliphatic heterocycles. The Bertz CT molecular complexity index is 672. The maximum atomic E-state index is 13.0. The van der Waals surface area contributed by atoms with Crippen LogP contribution in [0.25, 0.3) is 0 Å². The van der Waals surface area contributed by atoms with Gasteiger partial charge in [-0.05, 0) is 18.4 Å². The predicted octanol–water partition coefficient (Wildman–Crippen LogP) is 1.42. The monoisotopic (exact) mass is 363 g/mol. The van der Waals surface area contributed by atoms with Crippen molar-refractivity contribution in [2.75, 3.05) is 20.6 Å². The summed E-state index contributed by atoms with van der Waals surface area (Å²) in [6.07, 6.45) is 0.835. The van der Waals surface area contributed by atoms with Crippen LogP contribution in [0.2, 0.25) is 0 Å². The quantitative estimate of drug-likeness (QED) is 0.829. The molecule has 146 valence electrons. The van der Waals surface area contributed by atoms with E-state index in [1.165, 1.54) is 0 Å². The van der Waals surface area contributed by atoms with Crippen LogP contribution in [0.5, 0.6) is 0 Å². The van der Waals surface area contributed by atoms with E-state index < -0.39 is 11.5 Å². The highest BCUT2D eigenvalue weighted by Crippen LogP contribution is 2.23. The van der Waals surface area contributed by atoms with Gasteiger partial charge in [-0.3, -0.25) is 14.5 Å². The summed E-state index contributed by atoms with van der Waals surface area (Å²) >= 11 is 0. The van der Waals surface area contributed by atoms with Crippen LogP contribution in [0.1, 0.15) is 56.6 Å². The Kier molecular flexibility index (Phi) is 6.11. The van der Waals surface area contributed by atoms with Crippen LogP contribution in [0.4, 0.5) is 0 Å². The van der Waals surface area contributed by atoms with Gasteiger partial charge in [0.25, 0.3) is 5.91 Å². The Hall–Kier alpha value is -1.89. The van der Waals surface area contributed by atoms with E-state index >= 15 is 0 Å². The molecule has 0 bridgehead atoms. The minimum atomic E-state index is -0.618. The van der Waals surface area contributed by atoms with Crippen molar-refractivity contribution in [2.45, 2.75) is 60.2 Å². The average Bonchev–Trinajstić information content (AvgIpc) is 2.87. The van der Waals surface area contributed by atoms with Gasteiger partial charge in [0.2, 0.25) is 5.91 Å². The molecule has 0 aliphatic carbocycles. The van der Waals surface area contributed by atoms with Crippen LogP contribution in [-0.2, 0) is 24.3 Å². The van der Waals surface area contributed by atoms with E-state index in [1.807, 2.05) is 27.8 Å². The first-order chi connectivity index (χ1) is 12.0. The summed E-state index contributed by atoms with van der Waals surface area (Å²) < 4.78 is 2.18. The fourth-order valence-corrected chi connectivity index (χ4v) is 3.29. The third-order valence-electron chi connectivity index (χ3n) is 4.73. The van der Waals surface area contributed by atoms with Crippen LogP contribution < -0.4 is 10.6 Å². The molecule has 2 heterocycles. The van der Waals surface area contributed by atoms with Gasteiger partial charge in [-0.2, -0.15) is 0 Å². The first-order valence-electron chi connectivity index (χ1n) is 9.33. The van der Waals surface area contributed by atoms with Gasteiger partial charge in [0, 0.05) is 33.1 Å². The van der Waals surface area contributed by atoms with E-state index in [0.29, 0.717) is 18.2 Å². The molecule has 1 aromatic heterocycles. The molecule has 7 nitrogen and oxygen atoms in total. The lowest BCUT2D eigenvalue weighted by molar-refractivity contribution is -0.124. The van der Waals surface area contributed by atoms with E-state index in [9.17, 15) is 9.59 Å². The number of aromatic nitrogens is 2. The van der Waals surface area contributed by atoms with Gasteiger partial charge >= 0.3 is 0 Å². The van der Waals surface area contributed by atoms with E-state index in [2.05, 4.69) is 38.9 Å². The number of hydrogen-bond acceptors (Lipinski definition) is 4. The SMILES string of the molecule is CNC(=O)[C@@H](NC(=O)c1nc(CC(C)C)n2c1CN(C)CC2)C(C)(C)C. The lowest BCUT2D eigenvalue weighted by atomic mass is 9.86. The van der Waals surface area contributed by atoms with Gasteiger partial charge in [-0.25, -0.2) is 4.98 Å². The number of nitrogens with one attached hydrogen (secondary N) is 2. The fraction of sp³-hybridized carbons (Fsp3) is 0.737. The van der Waals surface area contributed by atoms with Crippen molar-refractivity contribution in [1.82, 2.24) is 25.1 Å². The highest BCUT2D eigenvalue weighted by atomic mass is 16.2. The number of carbonyl (C=O) groups excluding carboxylic acids is 2. The highest BCUT2D eigenvalue weighted by molar-refractivity contribution is 5.97. The number of likely N-dealkylation sites (N-methyl/N-ethyl adjacent to an activating group) is 2. The fourth-order valence-electron chi connectivity index (χ4n) is 3.29. The standard InChI is InChI=1S/C19H33N5O2/c1-12(2)10-14-21-15(13-11-23(7)8-9-24(13)14)17(25)22-16(18(26)20-6)19(3,4)5/h12,16H,8-11H2,1-7H3,(H,20,26)(H,22,25)/t16-/m1/s1. The van der Waals surface area contributed by atoms with Crippen LogP contribution in [0.3, 0.4) is 0 Å². The molecule has 0 saturated carbocycles. The minimum Gasteiger partial charge on any atom is -0.357 e. The van der Waals surface area contributed by atoms with Crippen molar-refractivity contribution in [3.63, 3.8) is 0 Å². The number of amides is 2. The molecule has 7 heteroatoms. The summed E-state index contributed by atoms with van der Waals surface area (Å²) in [5.74, 6) is 0.951. The molecule has 0 saturated heterocycles. The molecular formula is C19H33N5O2. The van der Waals surface area contributed by atoms with Crippen molar-refractivity contribution >= 4 is 11.8 Å². The second-order valence-corrected chi connectivity index (χ2v) is 8.70. The van der Waals surface area contributed by atoms with Gasteiger partial charge in [0.15, 0.2) is 5.69 Å². The van der Waals surface area contributed by atoms with E-state index in [1.54, 1.807) is 7.05 Å². The second kappa shape index (κ2) is 7.78. The lowest BCUT2D eigenvalue weighted by Crippen LogP contribution is -2.53. The van der Waals surface area contributed by atoms with Gasteiger partial charge < -0.3 is 15.2 Å². The zero-order chi connectivity index (χ0) is 19.6. The minimum absolute atomic E-state index is 0.196. The normalized spacial score (nSPS) is 16.3. The zero-order valence-electron chi connectivity index (χ0n) is 17.1. The Morgan fingerprint density at radius 2 is 1.88 bits per heavy atom. The molecule has 1 atom stereocenters. The third kappa shape index (κ3) is 4.44. The van der Waals surface area contributed by atoms with Gasteiger partial charge in [-0.15, -0.1) is 0 Å². The first-order valence-corrected chi connectivity index (χ1v) is 9.33. The maximum absolute atomic E-state index is 13.0. The van der Waals surface area contributed by atoms with Crippen LogP contribution in [0.15, 0.2) is 0 Å². The molecule has 1 aliphatic rings. The second-order valence-electron chi connectivity index (χ2n) is 8.70. The van der Waals surface area contributed by atoms with Gasteiger partial charge in [0.05, 0.1) is 5.69 Å². The maximum Gasteiger partial charge on any atom is 0.272 e. The number of fused-ring (bicyclic) bond motifs is 1. The van der Waals surface area contributed by atoms with Crippen LogP contribution >= 0.6 is 0 Å². The number of rotatable bonds is 5. The molecule has 2 N–H and O–H groups in total. The smallest absolute Gasteiger partial charge is 0.272 e. The first kappa shape index (κ1) is 20.4. The molecule has 1 aromatic rings. The van der Waals surface area contributed by atoms with E-state index in [4.69, 9.17) is 0 Å².